The fourth-order valence-electron chi connectivity index (χ4n) is 1.03. The summed E-state index contributed by atoms with van der Waals surface area (Å²) in [6.45, 7) is 3.68. The predicted octanol–water partition coefficient (Wildman–Crippen LogP) is 2.37. The summed E-state index contributed by atoms with van der Waals surface area (Å²) in [5.74, 6) is 2.84. The summed E-state index contributed by atoms with van der Waals surface area (Å²) in [4.78, 5) is 15.7. The highest BCUT2D eigenvalue weighted by Gasteiger charge is 2.10. The summed E-state index contributed by atoms with van der Waals surface area (Å²) in [5, 5.41) is 0.810. The van der Waals surface area contributed by atoms with Gasteiger partial charge in [-0.15, -0.1) is 18.2 Å². The fourth-order valence-corrected chi connectivity index (χ4v) is 1.67. The van der Waals surface area contributed by atoms with Crippen LogP contribution in [0.1, 0.15) is 24.2 Å². The molecule has 3 nitrogen and oxygen atoms in total. The van der Waals surface area contributed by atoms with Crippen molar-refractivity contribution in [1.29, 1.82) is 0 Å². The van der Waals surface area contributed by atoms with E-state index in [0.717, 1.165) is 10.8 Å². The zero-order valence-corrected chi connectivity index (χ0v) is 10.1. The van der Waals surface area contributed by atoms with E-state index < -0.39 is 12.1 Å². The van der Waals surface area contributed by atoms with Crippen LogP contribution in [0.5, 0.6) is 0 Å². The molecule has 1 unspecified atom stereocenters. The molecule has 1 aromatic rings. The summed E-state index contributed by atoms with van der Waals surface area (Å²) in [6, 6.07) is 3.32. The lowest BCUT2D eigenvalue weighted by atomic mass is 10.3. The lowest BCUT2D eigenvalue weighted by molar-refractivity contribution is 0.0438. The molecule has 0 aliphatic rings. The van der Waals surface area contributed by atoms with Crippen LogP contribution >= 0.6 is 11.8 Å². The third-order valence-electron chi connectivity index (χ3n) is 1.78. The molecule has 0 aliphatic heterocycles. The van der Waals surface area contributed by atoms with E-state index in [9.17, 15) is 4.79 Å². The first-order valence-electron chi connectivity index (χ1n) is 4.93. The average molecular weight is 235 g/mol. The van der Waals surface area contributed by atoms with Crippen molar-refractivity contribution < 1.29 is 9.53 Å². The Bertz CT molecular complexity index is 412. The molecule has 0 spiro atoms. The first-order chi connectivity index (χ1) is 7.67. The van der Waals surface area contributed by atoms with Crippen molar-refractivity contribution in [3.63, 3.8) is 0 Å². The average Bonchev–Trinajstić information content (AvgIpc) is 2.29. The minimum Gasteiger partial charge on any atom is -0.446 e. The molecule has 1 aromatic heterocycles. The van der Waals surface area contributed by atoms with Gasteiger partial charge in [0.25, 0.3) is 0 Å². The van der Waals surface area contributed by atoms with Gasteiger partial charge < -0.3 is 4.74 Å². The topological polar surface area (TPSA) is 39.2 Å². The number of carbonyl (C=O) groups is 1. The number of rotatable bonds is 4. The third kappa shape index (κ3) is 3.59. The van der Waals surface area contributed by atoms with Crippen LogP contribution in [0.4, 0.5) is 0 Å². The molecule has 0 saturated heterocycles. The molecular formula is C12H13NO2S. The number of esters is 1. The van der Waals surface area contributed by atoms with E-state index in [2.05, 4.69) is 10.9 Å². The lowest BCUT2D eigenvalue weighted by Crippen LogP contribution is -2.13. The molecule has 0 aromatic carbocycles. The molecule has 84 valence electrons. The van der Waals surface area contributed by atoms with Crippen molar-refractivity contribution in [2.45, 2.75) is 25.0 Å². The number of carbonyl (C=O) groups excluding carboxylic acids is 1. The third-order valence-corrected chi connectivity index (χ3v) is 2.59. The van der Waals surface area contributed by atoms with E-state index >= 15 is 0 Å². The molecule has 0 radical (unpaired) electrons. The molecule has 16 heavy (non-hydrogen) atoms. The van der Waals surface area contributed by atoms with Crippen molar-refractivity contribution in [2.75, 3.05) is 5.75 Å². The summed E-state index contributed by atoms with van der Waals surface area (Å²) in [6.07, 6.45) is 6.21. The van der Waals surface area contributed by atoms with E-state index in [4.69, 9.17) is 11.2 Å². The maximum atomic E-state index is 11.6. The summed E-state index contributed by atoms with van der Waals surface area (Å²) < 4.78 is 5.01. The van der Waals surface area contributed by atoms with Gasteiger partial charge in [-0.1, -0.05) is 12.8 Å². The molecule has 1 heterocycles. The summed E-state index contributed by atoms with van der Waals surface area (Å²) in [5.41, 5.74) is 0.480. The number of hydrogen-bond donors (Lipinski definition) is 0. The van der Waals surface area contributed by atoms with E-state index in [-0.39, 0.29) is 0 Å². The Kier molecular flexibility index (Phi) is 4.87. The van der Waals surface area contributed by atoms with Crippen LogP contribution in [-0.2, 0) is 4.74 Å². The van der Waals surface area contributed by atoms with Crippen LogP contribution in [-0.4, -0.2) is 22.8 Å². The Hall–Kier alpha value is -1.47. The Labute approximate surface area is 99.6 Å². The minimum atomic E-state index is -0.511. The highest BCUT2D eigenvalue weighted by atomic mass is 32.2. The number of aromatic nitrogens is 1. The number of pyridine rings is 1. The van der Waals surface area contributed by atoms with Crippen LogP contribution in [0.3, 0.4) is 0 Å². The van der Waals surface area contributed by atoms with Gasteiger partial charge in [0.05, 0.1) is 10.6 Å². The predicted molar refractivity (Wildman–Crippen MR) is 64.3 cm³/mol. The SMILES string of the molecule is C#CC(C)OC(=O)c1ccnc(SCC)c1. The van der Waals surface area contributed by atoms with Gasteiger partial charge in [0.2, 0.25) is 0 Å². The zero-order chi connectivity index (χ0) is 12.0. The Morgan fingerprint density at radius 2 is 2.50 bits per heavy atom. The fraction of sp³-hybridized carbons (Fsp3) is 0.333. The van der Waals surface area contributed by atoms with E-state index in [1.165, 1.54) is 0 Å². The van der Waals surface area contributed by atoms with Gasteiger partial charge in [-0.25, -0.2) is 9.78 Å². The monoisotopic (exact) mass is 235 g/mol. The van der Waals surface area contributed by atoms with E-state index in [1.807, 2.05) is 6.92 Å². The van der Waals surface area contributed by atoms with Gasteiger partial charge in [0.15, 0.2) is 6.10 Å². The minimum absolute atomic E-state index is 0.411. The van der Waals surface area contributed by atoms with Crippen LogP contribution in [0.2, 0.25) is 0 Å². The number of hydrogen-bond acceptors (Lipinski definition) is 4. The van der Waals surface area contributed by atoms with Crippen LogP contribution < -0.4 is 0 Å². The van der Waals surface area contributed by atoms with Crippen molar-refractivity contribution >= 4 is 17.7 Å². The molecule has 1 atom stereocenters. The molecule has 1 rings (SSSR count). The summed E-state index contributed by atoms with van der Waals surface area (Å²) >= 11 is 1.57. The maximum absolute atomic E-state index is 11.6. The Balaban J connectivity index is 2.76. The second-order valence-electron chi connectivity index (χ2n) is 3.03. The van der Waals surface area contributed by atoms with Crippen molar-refractivity contribution in [1.82, 2.24) is 4.98 Å². The second kappa shape index (κ2) is 6.19. The molecule has 0 N–H and O–H groups in total. The first-order valence-corrected chi connectivity index (χ1v) is 5.92. The number of nitrogens with zero attached hydrogens (tertiary/aromatic N) is 1. The highest BCUT2D eigenvalue weighted by Crippen LogP contribution is 2.16. The van der Waals surface area contributed by atoms with Crippen LogP contribution in [0, 0.1) is 12.3 Å². The van der Waals surface area contributed by atoms with E-state index in [0.29, 0.717) is 5.56 Å². The zero-order valence-electron chi connectivity index (χ0n) is 9.27. The Morgan fingerprint density at radius 3 is 3.12 bits per heavy atom. The first kappa shape index (κ1) is 12.6. The summed E-state index contributed by atoms with van der Waals surface area (Å²) in [7, 11) is 0. The van der Waals surface area contributed by atoms with Crippen molar-refractivity contribution in [3.8, 4) is 12.3 Å². The second-order valence-corrected chi connectivity index (χ2v) is 4.31. The number of ether oxygens (including phenoxy) is 1. The molecular weight excluding hydrogens is 222 g/mol. The van der Waals surface area contributed by atoms with Gasteiger partial charge >= 0.3 is 5.97 Å². The molecule has 0 fully saturated rings. The van der Waals surface area contributed by atoms with Crippen molar-refractivity contribution in [3.05, 3.63) is 23.9 Å². The van der Waals surface area contributed by atoms with Gasteiger partial charge in [0.1, 0.15) is 0 Å². The van der Waals surface area contributed by atoms with Gasteiger partial charge in [-0.2, -0.15) is 0 Å². The molecule has 0 aliphatic carbocycles. The standard InChI is InChI=1S/C12H13NO2S/c1-4-9(3)15-12(14)10-6-7-13-11(8-10)16-5-2/h1,6-9H,5H2,2-3H3. The number of thioether (sulfide) groups is 1. The van der Waals surface area contributed by atoms with Gasteiger partial charge in [0, 0.05) is 6.20 Å². The highest BCUT2D eigenvalue weighted by molar-refractivity contribution is 7.99. The van der Waals surface area contributed by atoms with Gasteiger partial charge in [-0.3, -0.25) is 0 Å². The Morgan fingerprint density at radius 1 is 1.75 bits per heavy atom. The van der Waals surface area contributed by atoms with Crippen molar-refractivity contribution in [2.24, 2.45) is 0 Å². The number of terminal acetylenes is 1. The molecule has 4 heteroatoms. The normalized spacial score (nSPS) is 11.6. The molecule has 0 saturated carbocycles. The smallest absolute Gasteiger partial charge is 0.339 e. The maximum Gasteiger partial charge on any atom is 0.339 e. The van der Waals surface area contributed by atoms with Gasteiger partial charge in [-0.05, 0) is 24.8 Å². The quantitative estimate of drug-likeness (QED) is 0.456. The van der Waals surface area contributed by atoms with Crippen LogP contribution in [0.15, 0.2) is 23.4 Å². The lowest BCUT2D eigenvalue weighted by Gasteiger charge is -2.07. The molecule has 0 amide bonds. The van der Waals surface area contributed by atoms with Crippen LogP contribution in [0.25, 0.3) is 0 Å². The molecule has 0 bridgehead atoms. The largest absolute Gasteiger partial charge is 0.446 e. The van der Waals surface area contributed by atoms with E-state index in [1.54, 1.807) is 37.0 Å².